The Morgan fingerprint density at radius 2 is 2.09 bits per heavy atom. The van der Waals surface area contributed by atoms with Gasteiger partial charge in [0.2, 0.25) is 5.91 Å². The van der Waals surface area contributed by atoms with Gasteiger partial charge in [-0.2, -0.15) is 0 Å². The molecule has 0 radical (unpaired) electrons. The second kappa shape index (κ2) is 7.70. The number of aromatic nitrogens is 1. The molecule has 3 rings (SSSR count). The molecule has 0 fully saturated rings. The van der Waals surface area contributed by atoms with E-state index < -0.39 is 0 Å². The van der Waals surface area contributed by atoms with Crippen molar-refractivity contribution in [2.75, 3.05) is 0 Å². The summed E-state index contributed by atoms with van der Waals surface area (Å²) in [4.78, 5) is 17.8. The molecule has 0 unspecified atom stereocenters. The molecule has 0 atom stereocenters. The number of amides is 1. The first-order chi connectivity index (χ1) is 11.2. The molecule has 2 heterocycles. The van der Waals surface area contributed by atoms with Gasteiger partial charge in [-0.3, -0.25) is 4.79 Å². The van der Waals surface area contributed by atoms with Gasteiger partial charge < -0.3 is 5.32 Å². The van der Waals surface area contributed by atoms with Crippen molar-refractivity contribution in [1.82, 2.24) is 10.3 Å². The van der Waals surface area contributed by atoms with E-state index in [2.05, 4.69) is 40.8 Å². The Hall–Kier alpha value is -1.72. The number of nitrogens with one attached hydrogen (secondary N) is 1. The summed E-state index contributed by atoms with van der Waals surface area (Å²) in [5.74, 6) is 0.141. The molecule has 0 saturated carbocycles. The highest BCUT2D eigenvalue weighted by molar-refractivity contribution is 7.18. The van der Waals surface area contributed by atoms with Gasteiger partial charge in [-0.15, -0.1) is 22.7 Å². The van der Waals surface area contributed by atoms with Crippen molar-refractivity contribution in [3.8, 4) is 0 Å². The Morgan fingerprint density at radius 3 is 2.87 bits per heavy atom. The summed E-state index contributed by atoms with van der Waals surface area (Å²) in [6.07, 6.45) is 3.46. The van der Waals surface area contributed by atoms with Crippen molar-refractivity contribution in [2.45, 2.75) is 39.2 Å². The Bertz CT molecular complexity index is 758. The molecule has 0 aliphatic heterocycles. The molecule has 0 spiro atoms. The first kappa shape index (κ1) is 16.1. The molecule has 0 saturated heterocycles. The number of aryl methyl sites for hydroxylation is 2. The van der Waals surface area contributed by atoms with Crippen LogP contribution < -0.4 is 5.32 Å². The van der Waals surface area contributed by atoms with Crippen LogP contribution in [-0.4, -0.2) is 10.9 Å². The maximum absolute atomic E-state index is 11.9. The lowest BCUT2D eigenvalue weighted by molar-refractivity contribution is -0.121. The van der Waals surface area contributed by atoms with E-state index >= 15 is 0 Å². The van der Waals surface area contributed by atoms with Crippen LogP contribution in [0.1, 0.15) is 34.7 Å². The van der Waals surface area contributed by atoms with Crippen LogP contribution in [0.2, 0.25) is 0 Å². The smallest absolute Gasteiger partial charge is 0.220 e. The number of benzene rings is 1. The molecule has 0 bridgehead atoms. The van der Waals surface area contributed by atoms with E-state index in [1.165, 1.54) is 20.1 Å². The monoisotopic (exact) mass is 344 g/mol. The van der Waals surface area contributed by atoms with Crippen LogP contribution in [0.25, 0.3) is 10.2 Å². The van der Waals surface area contributed by atoms with E-state index in [1.54, 1.807) is 22.7 Å². The van der Waals surface area contributed by atoms with Gasteiger partial charge in [0.25, 0.3) is 0 Å². The predicted molar refractivity (Wildman–Crippen MR) is 98.1 cm³/mol. The normalized spacial score (nSPS) is 11.0. The van der Waals surface area contributed by atoms with Crippen molar-refractivity contribution in [3.05, 3.63) is 51.2 Å². The topological polar surface area (TPSA) is 42.0 Å². The average molecular weight is 345 g/mol. The van der Waals surface area contributed by atoms with Gasteiger partial charge in [0.1, 0.15) is 0 Å². The number of nitrogens with zero attached hydrogens (tertiary/aromatic N) is 1. The molecule has 0 aliphatic carbocycles. The number of thiazole rings is 1. The van der Waals surface area contributed by atoms with Crippen molar-refractivity contribution in [2.24, 2.45) is 0 Å². The Kier molecular flexibility index (Phi) is 5.41. The average Bonchev–Trinajstić information content (AvgIpc) is 3.15. The summed E-state index contributed by atoms with van der Waals surface area (Å²) in [5.41, 5.74) is 2.34. The maximum atomic E-state index is 11.9. The largest absolute Gasteiger partial charge is 0.351 e. The van der Waals surface area contributed by atoms with Crippen LogP contribution in [0, 0.1) is 6.92 Å². The van der Waals surface area contributed by atoms with Crippen LogP contribution in [-0.2, 0) is 17.8 Å². The number of carbonyl (C=O) groups is 1. The molecule has 2 aromatic heterocycles. The minimum Gasteiger partial charge on any atom is -0.351 e. The number of hydrogen-bond acceptors (Lipinski definition) is 4. The highest BCUT2D eigenvalue weighted by Gasteiger charge is 2.06. The molecule has 23 heavy (non-hydrogen) atoms. The van der Waals surface area contributed by atoms with Crippen molar-refractivity contribution < 1.29 is 4.79 Å². The van der Waals surface area contributed by atoms with Crippen molar-refractivity contribution in [1.29, 1.82) is 0 Å². The van der Waals surface area contributed by atoms with E-state index in [0.717, 1.165) is 24.8 Å². The van der Waals surface area contributed by atoms with Crippen LogP contribution in [0.15, 0.2) is 35.7 Å². The molecular weight excluding hydrogens is 324 g/mol. The Balaban J connectivity index is 1.37. The minimum atomic E-state index is 0.141. The third-order valence-corrected chi connectivity index (χ3v) is 5.92. The quantitative estimate of drug-likeness (QED) is 0.632. The molecule has 1 amide bonds. The summed E-state index contributed by atoms with van der Waals surface area (Å²) in [7, 11) is 0. The predicted octanol–water partition coefficient (Wildman–Crippen LogP) is 4.70. The molecule has 1 N–H and O–H groups in total. The van der Waals surface area contributed by atoms with E-state index in [9.17, 15) is 4.79 Å². The Morgan fingerprint density at radius 1 is 1.22 bits per heavy atom. The summed E-state index contributed by atoms with van der Waals surface area (Å²) in [6.45, 7) is 2.73. The standard InChI is InChI=1S/C18H20N2OS2/c1-13-10-11-22-16(13)12-19-17(21)8-4-5-9-18-20-14-6-2-3-7-15(14)23-18/h2-3,6-7,10-11H,4-5,8-9,12H2,1H3,(H,19,21). The zero-order valence-corrected chi connectivity index (χ0v) is 14.8. The highest BCUT2D eigenvalue weighted by Crippen LogP contribution is 2.22. The second-order valence-electron chi connectivity index (χ2n) is 5.59. The summed E-state index contributed by atoms with van der Waals surface area (Å²) in [5, 5.41) is 6.24. The number of rotatable bonds is 7. The zero-order chi connectivity index (χ0) is 16.1. The molecule has 5 heteroatoms. The highest BCUT2D eigenvalue weighted by atomic mass is 32.1. The fourth-order valence-electron chi connectivity index (χ4n) is 2.44. The summed E-state index contributed by atoms with van der Waals surface area (Å²) in [6, 6.07) is 10.3. The minimum absolute atomic E-state index is 0.141. The molecule has 3 aromatic rings. The first-order valence-corrected chi connectivity index (χ1v) is 9.56. The lowest BCUT2D eigenvalue weighted by Crippen LogP contribution is -2.22. The lowest BCUT2D eigenvalue weighted by Gasteiger charge is -2.04. The van der Waals surface area contributed by atoms with Gasteiger partial charge in [0.15, 0.2) is 0 Å². The van der Waals surface area contributed by atoms with Crippen molar-refractivity contribution in [3.63, 3.8) is 0 Å². The third-order valence-electron chi connectivity index (χ3n) is 3.80. The molecule has 1 aromatic carbocycles. The van der Waals surface area contributed by atoms with Gasteiger partial charge in [0, 0.05) is 11.3 Å². The molecule has 120 valence electrons. The fourth-order valence-corrected chi connectivity index (χ4v) is 4.30. The first-order valence-electron chi connectivity index (χ1n) is 7.86. The number of thiophene rings is 1. The van der Waals surface area contributed by atoms with Gasteiger partial charge in [-0.05, 0) is 55.3 Å². The van der Waals surface area contributed by atoms with E-state index in [0.29, 0.717) is 13.0 Å². The van der Waals surface area contributed by atoms with Gasteiger partial charge in [-0.25, -0.2) is 4.98 Å². The number of fused-ring (bicyclic) bond motifs is 1. The van der Waals surface area contributed by atoms with Crippen LogP contribution >= 0.6 is 22.7 Å². The SMILES string of the molecule is Cc1ccsc1CNC(=O)CCCCc1nc2ccccc2s1. The summed E-state index contributed by atoms with van der Waals surface area (Å²) < 4.78 is 1.24. The van der Waals surface area contributed by atoms with E-state index in [-0.39, 0.29) is 5.91 Å². The maximum Gasteiger partial charge on any atom is 0.220 e. The Labute approximate surface area is 144 Å². The van der Waals surface area contributed by atoms with Gasteiger partial charge >= 0.3 is 0 Å². The fraction of sp³-hybridized carbons (Fsp3) is 0.333. The number of unbranched alkanes of at least 4 members (excludes halogenated alkanes) is 1. The summed E-state index contributed by atoms with van der Waals surface area (Å²) >= 11 is 3.45. The van der Waals surface area contributed by atoms with Crippen LogP contribution in [0.3, 0.4) is 0 Å². The van der Waals surface area contributed by atoms with Crippen molar-refractivity contribution >= 4 is 38.8 Å². The van der Waals surface area contributed by atoms with Crippen LogP contribution in [0.4, 0.5) is 0 Å². The van der Waals surface area contributed by atoms with E-state index in [4.69, 9.17) is 0 Å². The lowest BCUT2D eigenvalue weighted by atomic mass is 10.2. The molecule has 0 aliphatic rings. The van der Waals surface area contributed by atoms with Gasteiger partial charge in [-0.1, -0.05) is 12.1 Å². The van der Waals surface area contributed by atoms with E-state index in [1.807, 2.05) is 12.1 Å². The van der Waals surface area contributed by atoms with Gasteiger partial charge in [0.05, 0.1) is 21.8 Å². The number of carbonyl (C=O) groups excluding carboxylic acids is 1. The molecular formula is C18H20N2OS2. The van der Waals surface area contributed by atoms with Crippen LogP contribution in [0.5, 0.6) is 0 Å². The second-order valence-corrected chi connectivity index (χ2v) is 7.70. The number of hydrogen-bond donors (Lipinski definition) is 1. The third kappa shape index (κ3) is 4.39. The zero-order valence-electron chi connectivity index (χ0n) is 13.2. The molecule has 3 nitrogen and oxygen atoms in total. The number of para-hydroxylation sites is 1.